The van der Waals surface area contributed by atoms with E-state index in [2.05, 4.69) is 44.2 Å². The van der Waals surface area contributed by atoms with E-state index in [4.69, 9.17) is 4.52 Å². The molecule has 0 radical (unpaired) electrons. The van der Waals surface area contributed by atoms with Crippen molar-refractivity contribution in [3.8, 4) is 0 Å². The summed E-state index contributed by atoms with van der Waals surface area (Å²) in [7, 11) is 0. The van der Waals surface area contributed by atoms with E-state index in [-0.39, 0.29) is 6.04 Å². The Morgan fingerprint density at radius 2 is 1.86 bits per heavy atom. The van der Waals surface area contributed by atoms with Crippen LogP contribution < -0.4 is 0 Å². The fourth-order valence-corrected chi connectivity index (χ4v) is 4.22. The SMILES string of the molecule is Cc1nc(CN2CCN(C(=O)[C@H]3CCCCN3Cc3ccccc3)CC2)no1. The standard InChI is InChI=1S/C21H29N5O2/c1-17-22-20(23-28-17)16-24-11-13-25(14-12-24)21(27)19-9-5-6-10-26(19)15-18-7-3-2-4-8-18/h2-4,7-8,19H,5-6,9-16H2,1H3/t19-/m1/s1. The molecule has 7 nitrogen and oxygen atoms in total. The maximum atomic E-state index is 13.2. The van der Waals surface area contributed by atoms with Crippen LogP contribution in [0.15, 0.2) is 34.9 Å². The molecule has 1 aromatic carbocycles. The van der Waals surface area contributed by atoms with Crippen LogP contribution in [0.5, 0.6) is 0 Å². The number of piperazine rings is 1. The monoisotopic (exact) mass is 383 g/mol. The first-order valence-corrected chi connectivity index (χ1v) is 10.3. The smallest absolute Gasteiger partial charge is 0.240 e. The van der Waals surface area contributed by atoms with Gasteiger partial charge in [-0.2, -0.15) is 4.98 Å². The first-order chi connectivity index (χ1) is 13.7. The zero-order valence-electron chi connectivity index (χ0n) is 16.6. The largest absolute Gasteiger partial charge is 0.340 e. The Morgan fingerprint density at radius 3 is 2.57 bits per heavy atom. The minimum Gasteiger partial charge on any atom is -0.340 e. The van der Waals surface area contributed by atoms with Gasteiger partial charge in [-0.25, -0.2) is 0 Å². The first-order valence-electron chi connectivity index (χ1n) is 10.3. The number of hydrogen-bond donors (Lipinski definition) is 0. The summed E-state index contributed by atoms with van der Waals surface area (Å²) in [6.45, 7) is 7.59. The molecule has 3 heterocycles. The lowest BCUT2D eigenvalue weighted by Gasteiger charge is -2.40. The van der Waals surface area contributed by atoms with E-state index in [0.717, 1.165) is 57.9 Å². The van der Waals surface area contributed by atoms with E-state index >= 15 is 0 Å². The maximum absolute atomic E-state index is 13.2. The third-order valence-corrected chi connectivity index (χ3v) is 5.75. The topological polar surface area (TPSA) is 65.7 Å². The van der Waals surface area contributed by atoms with Crippen LogP contribution in [0, 0.1) is 6.92 Å². The number of piperidine rings is 1. The van der Waals surface area contributed by atoms with Crippen molar-refractivity contribution in [3.63, 3.8) is 0 Å². The average Bonchev–Trinajstić information content (AvgIpc) is 3.14. The lowest BCUT2D eigenvalue weighted by Crippen LogP contribution is -2.55. The van der Waals surface area contributed by atoms with Crippen LogP contribution in [-0.4, -0.2) is 69.5 Å². The number of likely N-dealkylation sites (tertiary alicyclic amines) is 1. The molecule has 0 N–H and O–H groups in total. The first kappa shape index (κ1) is 19.1. The van der Waals surface area contributed by atoms with Crippen LogP contribution >= 0.6 is 0 Å². The number of aryl methyl sites for hydroxylation is 1. The minimum atomic E-state index is 0.0142. The van der Waals surface area contributed by atoms with Crippen LogP contribution in [0.4, 0.5) is 0 Å². The molecule has 1 amide bonds. The third-order valence-electron chi connectivity index (χ3n) is 5.75. The second kappa shape index (κ2) is 8.84. The van der Waals surface area contributed by atoms with Crippen LogP contribution in [0.3, 0.4) is 0 Å². The van der Waals surface area contributed by atoms with E-state index in [0.29, 0.717) is 18.3 Å². The second-order valence-corrected chi connectivity index (χ2v) is 7.80. The number of amides is 1. The molecule has 2 aliphatic rings. The van der Waals surface area contributed by atoms with Gasteiger partial charge in [0.05, 0.1) is 12.6 Å². The Morgan fingerprint density at radius 1 is 1.07 bits per heavy atom. The highest BCUT2D eigenvalue weighted by atomic mass is 16.5. The molecule has 0 spiro atoms. The lowest BCUT2D eigenvalue weighted by atomic mass is 9.99. The second-order valence-electron chi connectivity index (χ2n) is 7.80. The molecule has 150 valence electrons. The zero-order valence-corrected chi connectivity index (χ0v) is 16.6. The summed E-state index contributed by atoms with van der Waals surface area (Å²) in [6, 6.07) is 10.5. The van der Waals surface area contributed by atoms with Gasteiger partial charge in [0.2, 0.25) is 11.8 Å². The van der Waals surface area contributed by atoms with Crippen molar-refractivity contribution in [3.05, 3.63) is 47.6 Å². The van der Waals surface area contributed by atoms with Crippen LogP contribution in [0.25, 0.3) is 0 Å². The van der Waals surface area contributed by atoms with Gasteiger partial charge >= 0.3 is 0 Å². The molecule has 0 saturated carbocycles. The maximum Gasteiger partial charge on any atom is 0.240 e. The number of carbonyl (C=O) groups excluding carboxylic acids is 1. The molecule has 4 rings (SSSR count). The van der Waals surface area contributed by atoms with E-state index in [1.54, 1.807) is 6.92 Å². The molecule has 2 aliphatic heterocycles. The van der Waals surface area contributed by atoms with Gasteiger partial charge in [-0.15, -0.1) is 0 Å². The fraction of sp³-hybridized carbons (Fsp3) is 0.571. The van der Waals surface area contributed by atoms with E-state index in [9.17, 15) is 4.79 Å². The van der Waals surface area contributed by atoms with Crippen LogP contribution in [0.2, 0.25) is 0 Å². The van der Waals surface area contributed by atoms with Crippen molar-refractivity contribution in [1.29, 1.82) is 0 Å². The Balaban J connectivity index is 1.32. The van der Waals surface area contributed by atoms with Gasteiger partial charge in [0.25, 0.3) is 0 Å². The highest BCUT2D eigenvalue weighted by molar-refractivity contribution is 5.82. The summed E-state index contributed by atoms with van der Waals surface area (Å²) < 4.78 is 5.05. The van der Waals surface area contributed by atoms with Gasteiger partial charge in [-0.05, 0) is 24.9 Å². The molecular formula is C21H29N5O2. The Kier molecular flexibility index (Phi) is 6.02. The van der Waals surface area contributed by atoms with Gasteiger partial charge in [0, 0.05) is 39.6 Å². The van der Waals surface area contributed by atoms with Crippen molar-refractivity contribution >= 4 is 5.91 Å². The van der Waals surface area contributed by atoms with Crippen molar-refractivity contribution in [2.45, 2.75) is 45.3 Å². The number of benzene rings is 1. The molecule has 7 heteroatoms. The van der Waals surface area contributed by atoms with Gasteiger partial charge in [0.15, 0.2) is 5.82 Å². The molecular weight excluding hydrogens is 354 g/mol. The predicted molar refractivity (Wildman–Crippen MR) is 105 cm³/mol. The Labute approximate surface area is 166 Å². The summed E-state index contributed by atoms with van der Waals surface area (Å²) >= 11 is 0. The minimum absolute atomic E-state index is 0.0142. The number of carbonyl (C=O) groups is 1. The van der Waals surface area contributed by atoms with E-state index in [1.165, 1.54) is 12.0 Å². The number of hydrogen-bond acceptors (Lipinski definition) is 6. The van der Waals surface area contributed by atoms with Gasteiger partial charge in [-0.1, -0.05) is 41.9 Å². The Bertz CT molecular complexity index is 770. The zero-order chi connectivity index (χ0) is 19.3. The molecule has 28 heavy (non-hydrogen) atoms. The number of rotatable bonds is 5. The molecule has 0 unspecified atom stereocenters. The molecule has 0 bridgehead atoms. The summed E-state index contributed by atoms with van der Waals surface area (Å²) in [4.78, 5) is 24.2. The fourth-order valence-electron chi connectivity index (χ4n) is 4.22. The van der Waals surface area contributed by atoms with Crippen LogP contribution in [-0.2, 0) is 17.9 Å². The van der Waals surface area contributed by atoms with Crippen molar-refractivity contribution in [2.75, 3.05) is 32.7 Å². The Hall–Kier alpha value is -2.25. The average molecular weight is 383 g/mol. The van der Waals surface area contributed by atoms with Gasteiger partial charge < -0.3 is 9.42 Å². The molecule has 1 aromatic heterocycles. The highest BCUT2D eigenvalue weighted by Crippen LogP contribution is 2.22. The molecule has 1 atom stereocenters. The highest BCUT2D eigenvalue weighted by Gasteiger charge is 2.33. The number of aromatic nitrogens is 2. The van der Waals surface area contributed by atoms with Crippen LogP contribution in [0.1, 0.15) is 36.5 Å². The van der Waals surface area contributed by atoms with Gasteiger partial charge in [-0.3, -0.25) is 14.6 Å². The lowest BCUT2D eigenvalue weighted by molar-refractivity contribution is -0.140. The number of nitrogens with zero attached hydrogens (tertiary/aromatic N) is 5. The van der Waals surface area contributed by atoms with E-state index < -0.39 is 0 Å². The van der Waals surface area contributed by atoms with Crippen molar-refractivity contribution < 1.29 is 9.32 Å². The summed E-state index contributed by atoms with van der Waals surface area (Å²) in [5.41, 5.74) is 1.28. The van der Waals surface area contributed by atoms with Crippen molar-refractivity contribution in [1.82, 2.24) is 24.8 Å². The molecule has 2 saturated heterocycles. The van der Waals surface area contributed by atoms with E-state index in [1.807, 2.05) is 11.0 Å². The quantitative estimate of drug-likeness (QED) is 0.788. The molecule has 2 fully saturated rings. The third kappa shape index (κ3) is 4.59. The predicted octanol–water partition coefficient (Wildman–Crippen LogP) is 2.08. The summed E-state index contributed by atoms with van der Waals surface area (Å²) in [6.07, 6.45) is 3.28. The summed E-state index contributed by atoms with van der Waals surface area (Å²) in [5.74, 6) is 1.61. The summed E-state index contributed by atoms with van der Waals surface area (Å²) in [5, 5.41) is 3.97. The van der Waals surface area contributed by atoms with Gasteiger partial charge in [0.1, 0.15) is 0 Å². The normalized spacial score (nSPS) is 21.8. The molecule has 0 aliphatic carbocycles. The van der Waals surface area contributed by atoms with Crippen molar-refractivity contribution in [2.24, 2.45) is 0 Å². The molecule has 2 aromatic rings.